The van der Waals surface area contributed by atoms with Crippen molar-refractivity contribution < 1.29 is 14.3 Å². The van der Waals surface area contributed by atoms with E-state index in [-0.39, 0.29) is 23.6 Å². The Kier molecular flexibility index (Phi) is 9.80. The molecule has 0 atom stereocenters. The monoisotopic (exact) mass is 519 g/mol. The number of H-pyrrole nitrogens is 1. The Hall–Kier alpha value is -2.82. The number of nitrogens with zero attached hydrogens (tertiary/aromatic N) is 5. The highest BCUT2D eigenvalue weighted by Crippen LogP contribution is 2.22. The van der Waals surface area contributed by atoms with Crippen molar-refractivity contribution in [2.45, 2.75) is 91.8 Å². The van der Waals surface area contributed by atoms with Crippen molar-refractivity contribution in [2.75, 3.05) is 38.5 Å². The highest BCUT2D eigenvalue weighted by molar-refractivity contribution is 5.81. The summed E-state index contributed by atoms with van der Waals surface area (Å²) >= 11 is 0. The Balaban J connectivity index is 1.63. The van der Waals surface area contributed by atoms with E-state index in [9.17, 15) is 9.59 Å². The molecule has 1 amide bonds. The van der Waals surface area contributed by atoms with Crippen molar-refractivity contribution in [1.29, 1.82) is 0 Å². The molecular formula is C26H45N7O4. The Labute approximate surface area is 219 Å². The van der Waals surface area contributed by atoms with Crippen LogP contribution in [0.4, 0.5) is 10.6 Å². The lowest BCUT2D eigenvalue weighted by Crippen LogP contribution is -2.49. The number of fused-ring (bicyclic) bond motifs is 1. The van der Waals surface area contributed by atoms with Crippen LogP contribution < -0.4 is 16.2 Å². The molecule has 208 valence electrons. The van der Waals surface area contributed by atoms with Crippen molar-refractivity contribution in [1.82, 2.24) is 29.3 Å². The maximum absolute atomic E-state index is 12.7. The van der Waals surface area contributed by atoms with E-state index in [1.807, 2.05) is 25.7 Å². The molecular weight excluding hydrogens is 474 g/mol. The van der Waals surface area contributed by atoms with Gasteiger partial charge in [-0.25, -0.2) is 9.59 Å². The predicted molar refractivity (Wildman–Crippen MR) is 145 cm³/mol. The van der Waals surface area contributed by atoms with Crippen molar-refractivity contribution in [3.05, 3.63) is 10.5 Å². The second kappa shape index (κ2) is 12.6. The lowest BCUT2D eigenvalue weighted by Gasteiger charge is -2.39. The van der Waals surface area contributed by atoms with Gasteiger partial charge in [0.2, 0.25) is 0 Å². The fraction of sp³-hybridized carbons (Fsp3) is 0.769. The van der Waals surface area contributed by atoms with Gasteiger partial charge in [0, 0.05) is 38.8 Å². The van der Waals surface area contributed by atoms with Crippen LogP contribution in [0.25, 0.3) is 11.2 Å². The molecule has 0 spiro atoms. The van der Waals surface area contributed by atoms with E-state index in [1.165, 1.54) is 0 Å². The Morgan fingerprint density at radius 3 is 2.54 bits per heavy atom. The van der Waals surface area contributed by atoms with Crippen LogP contribution in [0.1, 0.15) is 73.6 Å². The molecule has 11 heteroatoms. The molecule has 0 aromatic carbocycles. The number of aryl methyl sites for hydroxylation is 1. The molecule has 1 aliphatic heterocycles. The SMILES string of the molecule is CCCCOc1nc(N)c2[nH]c(=O)n(CCCN(CC(C)C)C3CCN(C(=O)OC(C)(C)C)CC3)c2n1. The third kappa shape index (κ3) is 8.08. The average Bonchev–Trinajstić information content (AvgIpc) is 3.13. The quantitative estimate of drug-likeness (QED) is 0.430. The smallest absolute Gasteiger partial charge is 0.410 e. The standard InChI is InChI=1S/C26H45N7O4/c1-7-8-16-36-23-29-21(27)20-22(30-23)33(24(34)28-20)13-9-12-32(17-18(2)3)19-10-14-31(15-11-19)25(35)37-26(4,5)6/h18-19H,7-17H2,1-6H3,(H,28,34)(H2,27,29,30). The first-order chi connectivity index (χ1) is 17.5. The first-order valence-electron chi connectivity index (χ1n) is 13.6. The van der Waals surface area contributed by atoms with Crippen molar-refractivity contribution >= 4 is 23.1 Å². The number of amides is 1. The summed E-state index contributed by atoms with van der Waals surface area (Å²) in [5, 5.41) is 0. The maximum Gasteiger partial charge on any atom is 0.410 e. The van der Waals surface area contributed by atoms with Gasteiger partial charge in [-0.3, -0.25) is 9.47 Å². The van der Waals surface area contributed by atoms with Crippen molar-refractivity contribution in [3.63, 3.8) is 0 Å². The summed E-state index contributed by atoms with van der Waals surface area (Å²) in [5.41, 5.74) is 6.26. The number of ether oxygens (including phenoxy) is 2. The summed E-state index contributed by atoms with van der Waals surface area (Å²) in [6, 6.07) is 0.585. The number of carbonyl (C=O) groups excluding carboxylic acids is 1. The third-order valence-corrected chi connectivity index (χ3v) is 6.42. The van der Waals surface area contributed by atoms with Crippen LogP contribution >= 0.6 is 0 Å². The number of hydrogen-bond acceptors (Lipinski definition) is 8. The molecule has 3 rings (SSSR count). The fourth-order valence-corrected chi connectivity index (χ4v) is 4.67. The maximum atomic E-state index is 12.7. The third-order valence-electron chi connectivity index (χ3n) is 6.42. The summed E-state index contributed by atoms with van der Waals surface area (Å²) in [6.45, 7) is 16.4. The van der Waals surface area contributed by atoms with Crippen LogP contribution in [-0.2, 0) is 11.3 Å². The van der Waals surface area contributed by atoms with Crippen LogP contribution in [-0.4, -0.2) is 79.8 Å². The van der Waals surface area contributed by atoms with Crippen molar-refractivity contribution in [3.8, 4) is 6.01 Å². The fourth-order valence-electron chi connectivity index (χ4n) is 4.67. The summed E-state index contributed by atoms with van der Waals surface area (Å²) in [5.74, 6) is 0.723. The number of rotatable bonds is 11. The Morgan fingerprint density at radius 1 is 1.22 bits per heavy atom. The van der Waals surface area contributed by atoms with E-state index in [0.29, 0.717) is 49.4 Å². The van der Waals surface area contributed by atoms with E-state index in [1.54, 1.807) is 4.57 Å². The second-order valence-electron chi connectivity index (χ2n) is 11.3. The summed E-state index contributed by atoms with van der Waals surface area (Å²) < 4.78 is 12.8. The number of piperidine rings is 1. The molecule has 2 aromatic rings. The van der Waals surface area contributed by atoms with Gasteiger partial charge in [-0.1, -0.05) is 27.2 Å². The number of nitrogens with two attached hydrogens (primary N) is 1. The summed E-state index contributed by atoms with van der Waals surface area (Å²) in [7, 11) is 0. The highest BCUT2D eigenvalue weighted by atomic mass is 16.6. The van der Waals surface area contributed by atoms with Gasteiger partial charge in [0.1, 0.15) is 11.1 Å². The van der Waals surface area contributed by atoms with Gasteiger partial charge >= 0.3 is 17.8 Å². The van der Waals surface area contributed by atoms with Crippen LogP contribution in [0, 0.1) is 5.92 Å². The van der Waals surface area contributed by atoms with E-state index in [2.05, 4.69) is 40.6 Å². The first-order valence-corrected chi connectivity index (χ1v) is 13.6. The molecule has 37 heavy (non-hydrogen) atoms. The molecule has 0 saturated carbocycles. The molecule has 0 aliphatic carbocycles. The Morgan fingerprint density at radius 2 is 1.92 bits per heavy atom. The van der Waals surface area contributed by atoms with Gasteiger partial charge in [-0.05, 0) is 52.4 Å². The van der Waals surface area contributed by atoms with Crippen LogP contribution in [0.3, 0.4) is 0 Å². The molecule has 0 radical (unpaired) electrons. The van der Waals surface area contributed by atoms with E-state index >= 15 is 0 Å². The summed E-state index contributed by atoms with van der Waals surface area (Å²) in [4.78, 5) is 40.9. The van der Waals surface area contributed by atoms with Crippen LogP contribution in [0.5, 0.6) is 6.01 Å². The number of hydrogen-bond donors (Lipinski definition) is 2. The normalized spacial score (nSPS) is 15.2. The second-order valence-corrected chi connectivity index (χ2v) is 11.3. The number of nitrogen functional groups attached to an aromatic ring is 1. The van der Waals surface area contributed by atoms with Gasteiger partial charge in [-0.15, -0.1) is 0 Å². The highest BCUT2D eigenvalue weighted by Gasteiger charge is 2.29. The van der Waals surface area contributed by atoms with Crippen molar-refractivity contribution in [2.24, 2.45) is 5.92 Å². The molecule has 3 N–H and O–H groups in total. The van der Waals surface area contributed by atoms with Gasteiger partial charge in [0.05, 0.1) is 6.61 Å². The van der Waals surface area contributed by atoms with Gasteiger partial charge < -0.3 is 25.1 Å². The molecule has 11 nitrogen and oxygen atoms in total. The minimum Gasteiger partial charge on any atom is -0.463 e. The lowest BCUT2D eigenvalue weighted by atomic mass is 10.0. The molecule has 2 aromatic heterocycles. The lowest BCUT2D eigenvalue weighted by molar-refractivity contribution is 0.0134. The number of carbonyl (C=O) groups is 1. The topological polar surface area (TPSA) is 132 Å². The number of aromatic amines is 1. The zero-order chi connectivity index (χ0) is 27.2. The number of anilines is 1. The molecule has 1 aliphatic rings. The van der Waals surface area contributed by atoms with Gasteiger partial charge in [0.25, 0.3) is 0 Å². The van der Waals surface area contributed by atoms with Crippen LogP contribution in [0.2, 0.25) is 0 Å². The number of imidazole rings is 1. The molecule has 0 bridgehead atoms. The minimum atomic E-state index is -0.490. The minimum absolute atomic E-state index is 0.199. The largest absolute Gasteiger partial charge is 0.463 e. The van der Waals surface area contributed by atoms with E-state index < -0.39 is 5.60 Å². The van der Waals surface area contributed by atoms with Gasteiger partial charge in [-0.2, -0.15) is 9.97 Å². The Bertz CT molecular complexity index is 1080. The number of nitrogens with one attached hydrogen (secondary N) is 1. The summed E-state index contributed by atoms with van der Waals surface area (Å²) in [6.07, 6.45) is 4.24. The molecule has 1 saturated heterocycles. The predicted octanol–water partition coefficient (Wildman–Crippen LogP) is 3.63. The number of aromatic nitrogens is 4. The van der Waals surface area contributed by atoms with Crippen LogP contribution in [0.15, 0.2) is 4.79 Å². The molecule has 3 heterocycles. The average molecular weight is 520 g/mol. The number of likely N-dealkylation sites (tertiary alicyclic amines) is 1. The molecule has 0 unspecified atom stereocenters. The van der Waals surface area contributed by atoms with E-state index in [0.717, 1.165) is 45.2 Å². The molecule has 1 fully saturated rings. The van der Waals surface area contributed by atoms with Gasteiger partial charge in [0.15, 0.2) is 11.5 Å². The zero-order valence-electron chi connectivity index (χ0n) is 23.4. The zero-order valence-corrected chi connectivity index (χ0v) is 23.4. The number of unbranched alkanes of at least 4 members (excludes halogenated alkanes) is 1. The van der Waals surface area contributed by atoms with E-state index in [4.69, 9.17) is 15.2 Å². The first kappa shape index (κ1) is 28.7.